The average molecular weight is 408 g/mol. The molecule has 0 atom stereocenters. The van der Waals surface area contributed by atoms with Gasteiger partial charge in [0, 0.05) is 25.9 Å². The van der Waals surface area contributed by atoms with Crippen LogP contribution in [0.15, 0.2) is 48.5 Å². The third kappa shape index (κ3) is 6.09. The highest BCUT2D eigenvalue weighted by Gasteiger charge is 2.10. The van der Waals surface area contributed by atoms with Crippen LogP contribution in [0.5, 0.6) is 5.75 Å². The predicted octanol–water partition coefficient (Wildman–Crippen LogP) is 5.05. The van der Waals surface area contributed by atoms with Crippen molar-refractivity contribution in [2.24, 2.45) is 0 Å². The van der Waals surface area contributed by atoms with Crippen molar-refractivity contribution in [2.75, 3.05) is 13.2 Å². The van der Waals surface area contributed by atoms with Gasteiger partial charge in [-0.3, -0.25) is 4.79 Å². The molecule has 3 rings (SSSR count). The average Bonchev–Trinajstić information content (AvgIpc) is 3.12. The zero-order valence-electron chi connectivity index (χ0n) is 18.2. The van der Waals surface area contributed by atoms with Crippen molar-refractivity contribution in [1.82, 2.24) is 14.9 Å². The highest BCUT2D eigenvalue weighted by Crippen LogP contribution is 2.19. The number of unbranched alkanes of at least 4 members (excludes halogenated alkanes) is 2. The van der Waals surface area contributed by atoms with Crippen LogP contribution in [0.4, 0.5) is 0 Å². The number of imidazole rings is 1. The second-order valence-electron chi connectivity index (χ2n) is 7.65. The molecule has 0 saturated carbocycles. The van der Waals surface area contributed by atoms with E-state index in [4.69, 9.17) is 9.72 Å². The molecule has 2 aromatic carbocycles. The van der Waals surface area contributed by atoms with Crippen LogP contribution in [0, 0.1) is 6.92 Å². The van der Waals surface area contributed by atoms with Gasteiger partial charge in [-0.1, -0.05) is 43.7 Å². The fourth-order valence-corrected chi connectivity index (χ4v) is 3.63. The van der Waals surface area contributed by atoms with Crippen molar-refractivity contribution in [2.45, 2.75) is 58.9 Å². The van der Waals surface area contributed by atoms with E-state index in [9.17, 15) is 4.79 Å². The van der Waals surface area contributed by atoms with Crippen molar-refractivity contribution in [3.8, 4) is 5.75 Å². The van der Waals surface area contributed by atoms with Crippen LogP contribution in [-0.4, -0.2) is 28.6 Å². The molecule has 0 aliphatic carbocycles. The lowest BCUT2D eigenvalue weighted by molar-refractivity contribution is -0.120. The van der Waals surface area contributed by atoms with Crippen LogP contribution in [0.25, 0.3) is 11.0 Å². The van der Waals surface area contributed by atoms with E-state index in [0.29, 0.717) is 13.0 Å². The Morgan fingerprint density at radius 2 is 1.83 bits per heavy atom. The summed E-state index contributed by atoms with van der Waals surface area (Å²) in [5.41, 5.74) is 3.42. The zero-order valence-corrected chi connectivity index (χ0v) is 18.2. The van der Waals surface area contributed by atoms with E-state index in [-0.39, 0.29) is 5.91 Å². The topological polar surface area (TPSA) is 56.2 Å². The normalized spacial score (nSPS) is 11.0. The zero-order chi connectivity index (χ0) is 21.2. The number of amides is 1. The molecule has 1 aromatic heterocycles. The molecule has 3 aromatic rings. The Morgan fingerprint density at radius 1 is 1.03 bits per heavy atom. The number of carbonyl (C=O) groups is 1. The fourth-order valence-electron chi connectivity index (χ4n) is 3.63. The first-order chi connectivity index (χ1) is 14.7. The number of aryl methyl sites for hydroxylation is 3. The maximum absolute atomic E-state index is 11.3. The monoisotopic (exact) mass is 407 g/mol. The second-order valence-corrected chi connectivity index (χ2v) is 7.65. The number of rotatable bonds is 12. The minimum absolute atomic E-state index is 0.129. The molecule has 0 radical (unpaired) electrons. The molecule has 0 saturated heterocycles. The molecule has 5 nitrogen and oxygen atoms in total. The molecule has 1 heterocycles. The van der Waals surface area contributed by atoms with Crippen LogP contribution < -0.4 is 10.1 Å². The summed E-state index contributed by atoms with van der Waals surface area (Å²) in [6, 6.07) is 16.5. The van der Waals surface area contributed by atoms with E-state index in [1.54, 1.807) is 0 Å². The van der Waals surface area contributed by atoms with Crippen LogP contribution in [0.1, 0.15) is 50.4 Å². The molecule has 1 amide bonds. The van der Waals surface area contributed by atoms with E-state index in [2.05, 4.69) is 41.1 Å². The molecule has 0 fully saturated rings. The molecule has 160 valence electrons. The number of nitrogens with zero attached hydrogens (tertiary/aromatic N) is 2. The molecule has 0 aliphatic rings. The Hall–Kier alpha value is -2.82. The highest BCUT2D eigenvalue weighted by atomic mass is 16.5. The summed E-state index contributed by atoms with van der Waals surface area (Å²) in [4.78, 5) is 16.2. The largest absolute Gasteiger partial charge is 0.493 e. The number of para-hydroxylation sites is 3. The Bertz CT molecular complexity index is 948. The predicted molar refractivity (Wildman–Crippen MR) is 122 cm³/mol. The first kappa shape index (κ1) is 21.9. The molecule has 0 aliphatic heterocycles. The molecular weight excluding hydrogens is 374 g/mol. The van der Waals surface area contributed by atoms with Gasteiger partial charge in [0.05, 0.1) is 17.6 Å². The molecular formula is C25H33N3O2. The summed E-state index contributed by atoms with van der Waals surface area (Å²) >= 11 is 0. The number of hydrogen-bond acceptors (Lipinski definition) is 3. The van der Waals surface area contributed by atoms with Gasteiger partial charge in [0.15, 0.2) is 0 Å². The molecule has 30 heavy (non-hydrogen) atoms. The van der Waals surface area contributed by atoms with Crippen LogP contribution >= 0.6 is 0 Å². The Balaban J connectivity index is 1.52. The van der Waals surface area contributed by atoms with E-state index < -0.39 is 0 Å². The van der Waals surface area contributed by atoms with Crippen molar-refractivity contribution in [3.05, 3.63) is 59.9 Å². The number of hydrogen-bond donors (Lipinski definition) is 1. The first-order valence-electron chi connectivity index (χ1n) is 11.1. The van der Waals surface area contributed by atoms with Gasteiger partial charge in [-0.15, -0.1) is 0 Å². The van der Waals surface area contributed by atoms with Gasteiger partial charge in [-0.2, -0.15) is 0 Å². The maximum Gasteiger partial charge on any atom is 0.219 e. The summed E-state index contributed by atoms with van der Waals surface area (Å²) in [7, 11) is 0. The van der Waals surface area contributed by atoms with E-state index in [1.807, 2.05) is 31.2 Å². The van der Waals surface area contributed by atoms with Crippen molar-refractivity contribution in [1.29, 1.82) is 0 Å². The number of carbonyl (C=O) groups excluding carboxylic acids is 1. The summed E-state index contributed by atoms with van der Waals surface area (Å²) in [6.07, 6.45) is 5.61. The van der Waals surface area contributed by atoms with Crippen LogP contribution in [0.3, 0.4) is 0 Å². The number of aromatic nitrogens is 2. The Labute approximate surface area is 179 Å². The van der Waals surface area contributed by atoms with Gasteiger partial charge in [0.25, 0.3) is 0 Å². The summed E-state index contributed by atoms with van der Waals surface area (Å²) in [6.45, 7) is 6.30. The highest BCUT2D eigenvalue weighted by molar-refractivity contribution is 5.76. The fraction of sp³-hybridized carbons (Fsp3) is 0.440. The van der Waals surface area contributed by atoms with Gasteiger partial charge < -0.3 is 14.6 Å². The van der Waals surface area contributed by atoms with Gasteiger partial charge in [-0.25, -0.2) is 4.98 Å². The molecule has 0 spiro atoms. The standard InChI is InChI=1S/C25H33N3O2/c1-3-25(29)26-17-10-4-5-16-24-27-21-13-7-8-14-22(21)28(24)18-11-19-30-23-15-9-6-12-20(23)2/h6-9,12-15H,3-5,10-11,16-19H2,1-2H3,(H,26,29). The lowest BCUT2D eigenvalue weighted by Gasteiger charge is -2.12. The number of fused-ring (bicyclic) bond motifs is 1. The number of benzene rings is 2. The Kier molecular flexibility index (Phi) is 8.30. The van der Waals surface area contributed by atoms with E-state index >= 15 is 0 Å². The van der Waals surface area contributed by atoms with Crippen molar-refractivity contribution >= 4 is 16.9 Å². The SMILES string of the molecule is CCC(=O)NCCCCCc1nc2ccccc2n1CCCOc1ccccc1C. The van der Waals surface area contributed by atoms with Gasteiger partial charge in [0.1, 0.15) is 11.6 Å². The summed E-state index contributed by atoms with van der Waals surface area (Å²) < 4.78 is 8.32. The van der Waals surface area contributed by atoms with Crippen molar-refractivity contribution in [3.63, 3.8) is 0 Å². The molecule has 5 heteroatoms. The molecule has 0 bridgehead atoms. The van der Waals surface area contributed by atoms with Crippen LogP contribution in [0.2, 0.25) is 0 Å². The minimum atomic E-state index is 0.129. The number of nitrogens with one attached hydrogen (secondary N) is 1. The van der Waals surface area contributed by atoms with Gasteiger partial charge in [0.2, 0.25) is 5.91 Å². The van der Waals surface area contributed by atoms with Crippen molar-refractivity contribution < 1.29 is 9.53 Å². The summed E-state index contributed by atoms with van der Waals surface area (Å²) in [5.74, 6) is 2.23. The molecule has 0 unspecified atom stereocenters. The van der Waals surface area contributed by atoms with Gasteiger partial charge in [-0.05, 0) is 49.9 Å². The van der Waals surface area contributed by atoms with E-state index in [1.165, 1.54) is 11.1 Å². The first-order valence-corrected chi connectivity index (χ1v) is 11.1. The third-order valence-electron chi connectivity index (χ3n) is 5.33. The van der Waals surface area contributed by atoms with Gasteiger partial charge >= 0.3 is 0 Å². The summed E-state index contributed by atoms with van der Waals surface area (Å²) in [5, 5.41) is 2.94. The second kappa shape index (κ2) is 11.4. The minimum Gasteiger partial charge on any atom is -0.493 e. The third-order valence-corrected chi connectivity index (χ3v) is 5.33. The Morgan fingerprint density at radius 3 is 2.67 bits per heavy atom. The van der Waals surface area contributed by atoms with Crippen LogP contribution in [-0.2, 0) is 17.8 Å². The lowest BCUT2D eigenvalue weighted by Crippen LogP contribution is -2.23. The molecule has 1 N–H and O–H groups in total. The quantitative estimate of drug-likeness (QED) is 0.427. The van der Waals surface area contributed by atoms with E-state index in [0.717, 1.165) is 62.3 Å². The lowest BCUT2D eigenvalue weighted by atomic mass is 10.2. The number of ether oxygens (including phenoxy) is 1. The smallest absolute Gasteiger partial charge is 0.219 e. The maximum atomic E-state index is 11.3.